The number of carbonyl (C=O) groups is 2. The number of benzene rings is 1. The zero-order valence-corrected chi connectivity index (χ0v) is 17.1. The number of hydrogen-bond acceptors (Lipinski definition) is 4. The van der Waals surface area contributed by atoms with Gasteiger partial charge in [0, 0.05) is 12.5 Å². The first kappa shape index (κ1) is 20.9. The number of hydrogen-bond donors (Lipinski definition) is 1. The largest absolute Gasteiger partial charge is 0.489 e. The maximum absolute atomic E-state index is 13.5. The van der Waals surface area contributed by atoms with Gasteiger partial charge in [-0.3, -0.25) is 9.59 Å². The average molecular weight is 392 g/mol. The summed E-state index contributed by atoms with van der Waals surface area (Å²) < 4.78 is 18.9. The van der Waals surface area contributed by atoms with Gasteiger partial charge in [0.15, 0.2) is 11.6 Å². The second-order valence-electron chi connectivity index (χ2n) is 7.33. The normalized spacial score (nSPS) is 11.2. The van der Waals surface area contributed by atoms with Gasteiger partial charge in [-0.15, -0.1) is 11.3 Å². The summed E-state index contributed by atoms with van der Waals surface area (Å²) in [6.07, 6.45) is 0. The molecule has 2 rings (SSSR count). The van der Waals surface area contributed by atoms with Crippen LogP contribution < -0.4 is 10.1 Å². The van der Waals surface area contributed by atoms with Gasteiger partial charge >= 0.3 is 0 Å². The maximum atomic E-state index is 13.5. The Morgan fingerprint density at radius 2 is 1.93 bits per heavy atom. The number of nitrogens with zero attached hydrogens (tertiary/aromatic N) is 1. The third-order valence-corrected chi connectivity index (χ3v) is 5.04. The Morgan fingerprint density at radius 1 is 1.26 bits per heavy atom. The van der Waals surface area contributed by atoms with E-state index in [2.05, 4.69) is 5.32 Å². The fourth-order valence-corrected chi connectivity index (χ4v) is 3.25. The number of ether oxygens (including phenoxy) is 1. The summed E-state index contributed by atoms with van der Waals surface area (Å²) in [4.78, 5) is 26.9. The summed E-state index contributed by atoms with van der Waals surface area (Å²) in [5, 5.41) is 3.50. The van der Waals surface area contributed by atoms with Crippen LogP contribution in [0, 0.1) is 18.2 Å². The van der Waals surface area contributed by atoms with Gasteiger partial charge < -0.3 is 15.0 Å². The summed E-state index contributed by atoms with van der Waals surface area (Å²) >= 11 is 1.25. The topological polar surface area (TPSA) is 58.6 Å². The zero-order chi connectivity index (χ0) is 20.2. The minimum atomic E-state index is -0.511. The van der Waals surface area contributed by atoms with Gasteiger partial charge in [0.1, 0.15) is 6.61 Å². The van der Waals surface area contributed by atoms with Gasteiger partial charge in [0.05, 0.1) is 16.4 Å². The number of nitrogens with one attached hydrogen (secondary N) is 1. The average Bonchev–Trinajstić information content (AvgIpc) is 2.95. The van der Waals surface area contributed by atoms with Crippen molar-refractivity contribution in [1.29, 1.82) is 0 Å². The van der Waals surface area contributed by atoms with E-state index in [1.807, 2.05) is 27.7 Å². The summed E-state index contributed by atoms with van der Waals surface area (Å²) in [5.74, 6) is -0.530. The molecule has 0 aliphatic heterocycles. The van der Waals surface area contributed by atoms with E-state index in [0.29, 0.717) is 16.4 Å². The van der Waals surface area contributed by atoms with Gasteiger partial charge in [0.2, 0.25) is 5.91 Å². The van der Waals surface area contributed by atoms with Crippen molar-refractivity contribution in [1.82, 2.24) is 4.90 Å². The van der Waals surface area contributed by atoms with Gasteiger partial charge in [0.25, 0.3) is 5.91 Å². The number of amides is 2. The highest BCUT2D eigenvalue weighted by Crippen LogP contribution is 2.29. The van der Waals surface area contributed by atoms with Gasteiger partial charge in [-0.1, -0.05) is 32.9 Å². The van der Waals surface area contributed by atoms with E-state index >= 15 is 0 Å². The highest BCUT2D eigenvalue weighted by molar-refractivity contribution is 7.18. The molecule has 0 bridgehead atoms. The molecule has 0 saturated heterocycles. The van der Waals surface area contributed by atoms with Crippen molar-refractivity contribution in [3.63, 3.8) is 0 Å². The van der Waals surface area contributed by atoms with Crippen LogP contribution in [0.25, 0.3) is 0 Å². The molecule has 0 unspecified atom stereocenters. The Labute approximate surface area is 163 Å². The highest BCUT2D eigenvalue weighted by Gasteiger charge is 2.23. The smallest absolute Gasteiger partial charge is 0.264 e. The van der Waals surface area contributed by atoms with Crippen molar-refractivity contribution in [3.05, 3.63) is 46.6 Å². The lowest BCUT2D eigenvalue weighted by molar-refractivity contribution is -0.123. The SMILES string of the molecule is Cc1cc(NC(=O)C(C)(C)C)sc1C(=O)N(C)CCOc1ccccc1F. The quantitative estimate of drug-likeness (QED) is 0.796. The van der Waals surface area contributed by atoms with Crippen molar-refractivity contribution in [3.8, 4) is 5.75 Å². The summed E-state index contributed by atoms with van der Waals surface area (Å²) in [6, 6.07) is 7.95. The van der Waals surface area contributed by atoms with Crippen molar-refractivity contribution >= 4 is 28.2 Å². The Bertz CT molecular complexity index is 827. The van der Waals surface area contributed by atoms with E-state index in [1.165, 1.54) is 22.3 Å². The molecule has 2 amide bonds. The van der Waals surface area contributed by atoms with Crippen molar-refractivity contribution in [2.45, 2.75) is 27.7 Å². The molecule has 1 aromatic heterocycles. The summed E-state index contributed by atoms with van der Waals surface area (Å²) in [6.45, 7) is 7.82. The first-order valence-corrected chi connectivity index (χ1v) is 9.46. The van der Waals surface area contributed by atoms with Crippen LogP contribution in [0.1, 0.15) is 36.0 Å². The van der Waals surface area contributed by atoms with Crippen molar-refractivity contribution < 1.29 is 18.7 Å². The second-order valence-corrected chi connectivity index (χ2v) is 8.38. The van der Waals surface area contributed by atoms with Crippen LogP contribution in [0.5, 0.6) is 5.75 Å². The van der Waals surface area contributed by atoms with Crippen LogP contribution in [0.2, 0.25) is 0 Å². The summed E-state index contributed by atoms with van der Waals surface area (Å²) in [5.41, 5.74) is 0.291. The van der Waals surface area contributed by atoms with Crippen LogP contribution in [0.3, 0.4) is 0 Å². The molecule has 5 nitrogen and oxygen atoms in total. The van der Waals surface area contributed by atoms with E-state index < -0.39 is 11.2 Å². The van der Waals surface area contributed by atoms with E-state index in [-0.39, 0.29) is 24.2 Å². The zero-order valence-electron chi connectivity index (χ0n) is 16.3. The molecule has 27 heavy (non-hydrogen) atoms. The van der Waals surface area contributed by atoms with Gasteiger partial charge in [-0.05, 0) is 30.7 Å². The number of anilines is 1. The fourth-order valence-electron chi connectivity index (χ4n) is 2.18. The van der Waals surface area contributed by atoms with Crippen LogP contribution in [0.4, 0.5) is 9.39 Å². The molecule has 2 aromatic rings. The molecule has 0 aliphatic rings. The van der Waals surface area contributed by atoms with Crippen LogP contribution >= 0.6 is 11.3 Å². The third kappa shape index (κ3) is 5.53. The fraction of sp³-hybridized carbons (Fsp3) is 0.400. The monoisotopic (exact) mass is 392 g/mol. The molecule has 1 aromatic carbocycles. The number of rotatable bonds is 6. The van der Waals surface area contributed by atoms with E-state index in [4.69, 9.17) is 4.74 Å². The van der Waals surface area contributed by atoms with E-state index in [1.54, 1.807) is 31.3 Å². The minimum Gasteiger partial charge on any atom is -0.489 e. The van der Waals surface area contributed by atoms with Crippen molar-refractivity contribution in [2.24, 2.45) is 5.41 Å². The Balaban J connectivity index is 1.96. The Kier molecular flexibility index (Phi) is 6.59. The number of aryl methyl sites for hydroxylation is 1. The number of halogens is 1. The molecular weight excluding hydrogens is 367 g/mol. The molecule has 1 heterocycles. The molecule has 0 aliphatic carbocycles. The second kappa shape index (κ2) is 8.52. The molecule has 7 heteroatoms. The lowest BCUT2D eigenvalue weighted by atomic mass is 9.96. The highest BCUT2D eigenvalue weighted by atomic mass is 32.1. The van der Waals surface area contributed by atoms with Crippen LogP contribution in [-0.4, -0.2) is 36.9 Å². The standard InChI is InChI=1S/C20H25FN2O3S/c1-13-12-16(22-19(25)20(2,3)4)27-17(13)18(24)23(5)10-11-26-15-9-7-6-8-14(15)21/h6-9,12H,10-11H2,1-5H3,(H,22,25). The lowest BCUT2D eigenvalue weighted by Crippen LogP contribution is -2.30. The molecule has 1 N–H and O–H groups in total. The third-order valence-electron chi connectivity index (χ3n) is 3.90. The van der Waals surface area contributed by atoms with Crippen LogP contribution in [0.15, 0.2) is 30.3 Å². The van der Waals surface area contributed by atoms with E-state index in [0.717, 1.165) is 5.56 Å². The molecular formula is C20H25FN2O3S. The molecule has 0 radical (unpaired) electrons. The predicted octanol–water partition coefficient (Wildman–Crippen LogP) is 4.33. The first-order chi connectivity index (χ1) is 12.6. The molecule has 0 atom stereocenters. The minimum absolute atomic E-state index is 0.102. The lowest BCUT2D eigenvalue weighted by Gasteiger charge is -2.17. The number of para-hydroxylation sites is 1. The van der Waals surface area contributed by atoms with Gasteiger partial charge in [-0.2, -0.15) is 0 Å². The van der Waals surface area contributed by atoms with Crippen molar-refractivity contribution in [2.75, 3.05) is 25.5 Å². The first-order valence-electron chi connectivity index (χ1n) is 8.64. The number of thiophene rings is 1. The molecule has 0 fully saturated rings. The maximum Gasteiger partial charge on any atom is 0.264 e. The number of likely N-dealkylation sites (N-methyl/N-ethyl adjacent to an activating group) is 1. The number of carbonyl (C=O) groups excluding carboxylic acids is 2. The molecule has 0 saturated carbocycles. The molecule has 146 valence electrons. The van der Waals surface area contributed by atoms with E-state index in [9.17, 15) is 14.0 Å². The Hall–Kier alpha value is -2.41. The predicted molar refractivity (Wildman–Crippen MR) is 106 cm³/mol. The summed E-state index contributed by atoms with van der Waals surface area (Å²) in [7, 11) is 1.67. The van der Waals surface area contributed by atoms with Gasteiger partial charge in [-0.25, -0.2) is 4.39 Å². The van der Waals surface area contributed by atoms with Crippen LogP contribution in [-0.2, 0) is 4.79 Å². The molecule has 0 spiro atoms. The Morgan fingerprint density at radius 3 is 2.56 bits per heavy atom.